The molecule has 26 heavy (non-hydrogen) atoms. The summed E-state index contributed by atoms with van der Waals surface area (Å²) in [5.74, 6) is 0.600. The molecule has 0 saturated carbocycles. The summed E-state index contributed by atoms with van der Waals surface area (Å²) in [6.07, 6.45) is 3.83. The van der Waals surface area contributed by atoms with E-state index in [1.807, 2.05) is 54.6 Å². The van der Waals surface area contributed by atoms with Crippen LogP contribution in [0.1, 0.15) is 29.5 Å². The minimum absolute atomic E-state index is 0.00900. The van der Waals surface area contributed by atoms with Gasteiger partial charge in [0.05, 0.1) is 25.1 Å². The Bertz CT molecular complexity index is 865. The quantitative estimate of drug-likeness (QED) is 0.770. The van der Waals surface area contributed by atoms with E-state index in [4.69, 9.17) is 4.74 Å². The molecular weight excluding hydrogens is 328 g/mol. The monoisotopic (exact) mass is 348 g/mol. The van der Waals surface area contributed by atoms with Gasteiger partial charge in [-0.05, 0) is 18.1 Å². The Labute approximate surface area is 151 Å². The highest BCUT2D eigenvalue weighted by molar-refractivity contribution is 5.85. The summed E-state index contributed by atoms with van der Waals surface area (Å²) in [5.41, 5.74) is 1.99. The van der Waals surface area contributed by atoms with Crippen molar-refractivity contribution in [3.05, 3.63) is 78.4 Å². The van der Waals surface area contributed by atoms with Gasteiger partial charge in [-0.25, -0.2) is 4.98 Å². The summed E-state index contributed by atoms with van der Waals surface area (Å²) in [5, 5.41) is 7.37. The minimum Gasteiger partial charge on any atom is -0.493 e. The number of ether oxygens (including phenoxy) is 1. The molecule has 6 nitrogen and oxygen atoms in total. The van der Waals surface area contributed by atoms with Gasteiger partial charge < -0.3 is 10.1 Å². The second-order valence-electron chi connectivity index (χ2n) is 6.32. The molecule has 0 saturated heterocycles. The summed E-state index contributed by atoms with van der Waals surface area (Å²) < 4.78 is 7.41. The Morgan fingerprint density at radius 2 is 2.00 bits per heavy atom. The van der Waals surface area contributed by atoms with Crippen molar-refractivity contribution >= 4 is 5.91 Å². The average molecular weight is 348 g/mol. The predicted octanol–water partition coefficient (Wildman–Crippen LogP) is 2.70. The fourth-order valence-corrected chi connectivity index (χ4v) is 3.32. The normalized spacial score (nSPS) is 17.0. The van der Waals surface area contributed by atoms with E-state index in [1.54, 1.807) is 11.0 Å². The van der Waals surface area contributed by atoms with E-state index in [2.05, 4.69) is 15.4 Å². The summed E-state index contributed by atoms with van der Waals surface area (Å²) in [7, 11) is 0. The number of para-hydroxylation sites is 1. The van der Waals surface area contributed by atoms with E-state index in [0.29, 0.717) is 19.6 Å². The van der Waals surface area contributed by atoms with Gasteiger partial charge in [-0.15, -0.1) is 0 Å². The van der Waals surface area contributed by atoms with Gasteiger partial charge in [0, 0.05) is 5.56 Å². The van der Waals surface area contributed by atoms with Crippen molar-refractivity contribution in [3.8, 4) is 5.75 Å². The standard InChI is InChI=1S/C20H20N4O2/c25-20(17-10-11-26-19-9-5-4-8-16(17)19)23-18(12-24-14-21-13-22-24)15-6-2-1-3-7-15/h1-9,13-14,17-18H,10-12H2,(H,23,25)/t17-,18-/m1/s1. The molecule has 1 amide bonds. The number of nitrogens with zero attached hydrogens (tertiary/aromatic N) is 3. The first-order valence-corrected chi connectivity index (χ1v) is 8.71. The Morgan fingerprint density at radius 3 is 2.81 bits per heavy atom. The first kappa shape index (κ1) is 16.3. The molecule has 0 radical (unpaired) electrons. The van der Waals surface area contributed by atoms with Crippen LogP contribution in [0.3, 0.4) is 0 Å². The molecule has 2 heterocycles. The van der Waals surface area contributed by atoms with Crippen LogP contribution in [0.4, 0.5) is 0 Å². The van der Waals surface area contributed by atoms with Gasteiger partial charge in [0.1, 0.15) is 18.4 Å². The molecule has 2 atom stereocenters. The van der Waals surface area contributed by atoms with Crippen LogP contribution < -0.4 is 10.1 Å². The smallest absolute Gasteiger partial charge is 0.228 e. The predicted molar refractivity (Wildman–Crippen MR) is 96.6 cm³/mol. The molecule has 0 unspecified atom stereocenters. The van der Waals surface area contributed by atoms with Crippen molar-refractivity contribution in [2.75, 3.05) is 6.61 Å². The molecule has 6 heteroatoms. The molecule has 0 spiro atoms. The van der Waals surface area contributed by atoms with Gasteiger partial charge in [-0.3, -0.25) is 9.48 Å². The number of rotatable bonds is 5. The first-order chi connectivity index (χ1) is 12.8. The number of fused-ring (bicyclic) bond motifs is 1. The Kier molecular flexibility index (Phi) is 4.64. The summed E-state index contributed by atoms with van der Waals surface area (Å²) in [6.45, 7) is 1.08. The number of carbonyl (C=O) groups is 1. The molecule has 132 valence electrons. The lowest BCUT2D eigenvalue weighted by molar-refractivity contribution is -0.124. The third kappa shape index (κ3) is 3.44. The molecule has 4 rings (SSSR count). The lowest BCUT2D eigenvalue weighted by atomic mass is 9.91. The van der Waals surface area contributed by atoms with Crippen molar-refractivity contribution in [2.45, 2.75) is 24.9 Å². The van der Waals surface area contributed by atoms with Crippen molar-refractivity contribution in [1.29, 1.82) is 0 Å². The number of nitrogens with one attached hydrogen (secondary N) is 1. The van der Waals surface area contributed by atoms with E-state index in [1.165, 1.54) is 6.33 Å². The first-order valence-electron chi connectivity index (χ1n) is 8.71. The molecule has 0 bridgehead atoms. The third-order valence-corrected chi connectivity index (χ3v) is 4.63. The second-order valence-corrected chi connectivity index (χ2v) is 6.32. The van der Waals surface area contributed by atoms with Crippen LogP contribution in [0.15, 0.2) is 67.3 Å². The van der Waals surface area contributed by atoms with Crippen LogP contribution in [0.2, 0.25) is 0 Å². The maximum absolute atomic E-state index is 13.1. The van der Waals surface area contributed by atoms with Crippen LogP contribution >= 0.6 is 0 Å². The highest BCUT2D eigenvalue weighted by Gasteiger charge is 2.29. The van der Waals surface area contributed by atoms with Gasteiger partial charge >= 0.3 is 0 Å². The van der Waals surface area contributed by atoms with Gasteiger partial charge in [-0.1, -0.05) is 48.5 Å². The van der Waals surface area contributed by atoms with Crippen molar-refractivity contribution in [3.63, 3.8) is 0 Å². The molecule has 3 aromatic rings. The Hall–Kier alpha value is -3.15. The molecule has 1 aliphatic rings. The van der Waals surface area contributed by atoms with E-state index in [9.17, 15) is 4.79 Å². The molecule has 1 N–H and O–H groups in total. The van der Waals surface area contributed by atoms with Gasteiger partial charge in [0.15, 0.2) is 0 Å². The van der Waals surface area contributed by atoms with E-state index in [0.717, 1.165) is 16.9 Å². The Morgan fingerprint density at radius 1 is 1.19 bits per heavy atom. The summed E-state index contributed by atoms with van der Waals surface area (Å²) >= 11 is 0. The van der Waals surface area contributed by atoms with Crippen LogP contribution in [0, 0.1) is 0 Å². The van der Waals surface area contributed by atoms with E-state index in [-0.39, 0.29) is 17.9 Å². The van der Waals surface area contributed by atoms with E-state index < -0.39 is 0 Å². The van der Waals surface area contributed by atoms with Gasteiger partial charge in [0.25, 0.3) is 0 Å². The lowest BCUT2D eigenvalue weighted by Gasteiger charge is -2.27. The third-order valence-electron chi connectivity index (χ3n) is 4.63. The largest absolute Gasteiger partial charge is 0.493 e. The zero-order valence-corrected chi connectivity index (χ0v) is 14.3. The SMILES string of the molecule is O=C(N[C@H](Cn1cncn1)c1ccccc1)[C@@H]1CCOc2ccccc21. The van der Waals surface area contributed by atoms with Crippen LogP contribution in [-0.2, 0) is 11.3 Å². The van der Waals surface area contributed by atoms with Crippen LogP contribution in [0.5, 0.6) is 5.75 Å². The van der Waals surface area contributed by atoms with Crippen molar-refractivity contribution in [1.82, 2.24) is 20.1 Å². The number of hydrogen-bond donors (Lipinski definition) is 1. The molecule has 2 aromatic carbocycles. The summed E-state index contributed by atoms with van der Waals surface area (Å²) in [4.78, 5) is 17.1. The number of hydrogen-bond acceptors (Lipinski definition) is 4. The molecule has 0 aliphatic carbocycles. The van der Waals surface area contributed by atoms with Crippen molar-refractivity contribution < 1.29 is 9.53 Å². The van der Waals surface area contributed by atoms with Crippen molar-refractivity contribution in [2.24, 2.45) is 0 Å². The zero-order valence-electron chi connectivity index (χ0n) is 14.3. The maximum Gasteiger partial charge on any atom is 0.228 e. The molecule has 1 aliphatic heterocycles. The number of carbonyl (C=O) groups excluding carboxylic acids is 1. The van der Waals surface area contributed by atoms with E-state index >= 15 is 0 Å². The zero-order chi connectivity index (χ0) is 17.8. The van der Waals surface area contributed by atoms with Crippen LogP contribution in [0.25, 0.3) is 0 Å². The highest BCUT2D eigenvalue weighted by Crippen LogP contribution is 2.34. The highest BCUT2D eigenvalue weighted by atomic mass is 16.5. The lowest BCUT2D eigenvalue weighted by Crippen LogP contribution is -2.36. The fourth-order valence-electron chi connectivity index (χ4n) is 3.32. The topological polar surface area (TPSA) is 69.0 Å². The molecule has 0 fully saturated rings. The number of amides is 1. The minimum atomic E-state index is -0.207. The van der Waals surface area contributed by atoms with Crippen LogP contribution in [-0.4, -0.2) is 27.3 Å². The molecule has 1 aromatic heterocycles. The number of benzene rings is 2. The van der Waals surface area contributed by atoms with Gasteiger partial charge in [-0.2, -0.15) is 5.10 Å². The fraction of sp³-hybridized carbons (Fsp3) is 0.250. The molecular formula is C20H20N4O2. The second kappa shape index (κ2) is 7.39. The number of aromatic nitrogens is 3. The Balaban J connectivity index is 1.57. The summed E-state index contributed by atoms with van der Waals surface area (Å²) in [6, 6.07) is 17.5. The van der Waals surface area contributed by atoms with Gasteiger partial charge in [0.2, 0.25) is 5.91 Å². The average Bonchev–Trinajstić information content (AvgIpc) is 3.21. The maximum atomic E-state index is 13.1.